The van der Waals surface area contributed by atoms with Crippen LogP contribution < -0.4 is 5.32 Å². The summed E-state index contributed by atoms with van der Waals surface area (Å²) in [5, 5.41) is 8.21. The molecule has 1 aliphatic carbocycles. The number of nitrogens with one attached hydrogen (secondary N) is 1. The number of hydrogen-bond acceptors (Lipinski definition) is 2. The largest absolute Gasteiger partial charge is 0.312 e. The highest BCUT2D eigenvalue weighted by Gasteiger charge is 2.37. The molecule has 0 radical (unpaired) electrons. The summed E-state index contributed by atoms with van der Waals surface area (Å²) in [5.74, 6) is 1.77. The smallest absolute Gasteiger partial charge is 0.0177 e. The summed E-state index contributed by atoms with van der Waals surface area (Å²) in [6, 6.07) is 3.10. The van der Waals surface area contributed by atoms with Crippen molar-refractivity contribution in [1.29, 1.82) is 0 Å². The monoisotopic (exact) mass is 221 g/mol. The Morgan fingerprint density at radius 1 is 1.20 bits per heavy atom. The van der Waals surface area contributed by atoms with Crippen molar-refractivity contribution in [1.82, 2.24) is 5.32 Å². The van der Waals surface area contributed by atoms with Gasteiger partial charge in [0.25, 0.3) is 0 Å². The fourth-order valence-electron chi connectivity index (χ4n) is 3.17. The van der Waals surface area contributed by atoms with Crippen LogP contribution in [0.5, 0.6) is 0 Å². The molecule has 2 atom stereocenters. The van der Waals surface area contributed by atoms with Gasteiger partial charge in [0.2, 0.25) is 0 Å². The Balaban J connectivity index is 1.67. The molecule has 15 heavy (non-hydrogen) atoms. The van der Waals surface area contributed by atoms with E-state index in [2.05, 4.69) is 22.1 Å². The first kappa shape index (κ1) is 9.86. The van der Waals surface area contributed by atoms with E-state index in [4.69, 9.17) is 0 Å². The molecule has 1 N–H and O–H groups in total. The van der Waals surface area contributed by atoms with Crippen LogP contribution >= 0.6 is 11.3 Å². The standard InChI is InChI=1S/C13H19NS/c1-2-4-10(5-3-1)13-12(8-14-13)11-6-7-15-9-11/h6-7,9-10,12-14H,1-5,8H2. The average Bonchev–Trinajstić information content (AvgIpc) is 2.71. The summed E-state index contributed by atoms with van der Waals surface area (Å²) in [7, 11) is 0. The van der Waals surface area contributed by atoms with E-state index in [0.717, 1.165) is 17.9 Å². The molecule has 1 aliphatic heterocycles. The van der Waals surface area contributed by atoms with Gasteiger partial charge in [0.05, 0.1) is 0 Å². The van der Waals surface area contributed by atoms with Crippen molar-refractivity contribution in [3.05, 3.63) is 22.4 Å². The summed E-state index contributed by atoms with van der Waals surface area (Å²) in [6.07, 6.45) is 7.29. The Labute approximate surface area is 95.9 Å². The van der Waals surface area contributed by atoms with Crippen molar-refractivity contribution in [2.45, 2.75) is 44.1 Å². The second-order valence-electron chi connectivity index (χ2n) is 5.00. The molecule has 2 aliphatic rings. The minimum Gasteiger partial charge on any atom is -0.312 e. The molecule has 1 saturated carbocycles. The molecule has 82 valence electrons. The molecular weight excluding hydrogens is 202 g/mol. The van der Waals surface area contributed by atoms with Gasteiger partial charge >= 0.3 is 0 Å². The molecule has 1 saturated heterocycles. The van der Waals surface area contributed by atoms with Gasteiger partial charge in [-0.1, -0.05) is 19.3 Å². The molecule has 1 nitrogen and oxygen atoms in total. The Bertz CT molecular complexity index is 300. The maximum atomic E-state index is 3.66. The van der Waals surface area contributed by atoms with E-state index in [1.807, 2.05) is 11.3 Å². The van der Waals surface area contributed by atoms with Gasteiger partial charge in [-0.25, -0.2) is 0 Å². The fraction of sp³-hybridized carbons (Fsp3) is 0.692. The van der Waals surface area contributed by atoms with E-state index in [1.54, 1.807) is 5.56 Å². The maximum Gasteiger partial charge on any atom is 0.0177 e. The fourth-order valence-corrected chi connectivity index (χ4v) is 3.90. The van der Waals surface area contributed by atoms with E-state index >= 15 is 0 Å². The SMILES string of the molecule is c1cc(C2CNC2C2CCCCC2)cs1. The lowest BCUT2D eigenvalue weighted by Gasteiger charge is -2.44. The highest BCUT2D eigenvalue weighted by atomic mass is 32.1. The van der Waals surface area contributed by atoms with E-state index in [0.29, 0.717) is 0 Å². The second kappa shape index (κ2) is 4.26. The summed E-state index contributed by atoms with van der Waals surface area (Å²) >= 11 is 1.84. The first-order chi connectivity index (χ1) is 7.45. The Morgan fingerprint density at radius 2 is 2.07 bits per heavy atom. The van der Waals surface area contributed by atoms with E-state index in [-0.39, 0.29) is 0 Å². The van der Waals surface area contributed by atoms with Crippen LogP contribution in [0, 0.1) is 5.92 Å². The molecule has 2 heteroatoms. The van der Waals surface area contributed by atoms with Crippen LogP contribution in [0.2, 0.25) is 0 Å². The first-order valence-corrected chi connectivity index (χ1v) is 7.15. The van der Waals surface area contributed by atoms with Crippen LogP contribution in [0.15, 0.2) is 16.8 Å². The van der Waals surface area contributed by atoms with Crippen molar-refractivity contribution in [3.63, 3.8) is 0 Å². The molecule has 0 amide bonds. The summed E-state index contributed by atoms with van der Waals surface area (Å²) in [5.41, 5.74) is 1.58. The third kappa shape index (κ3) is 1.85. The lowest BCUT2D eigenvalue weighted by molar-refractivity contribution is 0.177. The van der Waals surface area contributed by atoms with Gasteiger partial charge in [0.15, 0.2) is 0 Å². The van der Waals surface area contributed by atoms with E-state index in [1.165, 1.54) is 38.6 Å². The maximum absolute atomic E-state index is 3.66. The molecule has 3 rings (SSSR count). The first-order valence-electron chi connectivity index (χ1n) is 6.20. The van der Waals surface area contributed by atoms with Crippen LogP contribution in [-0.4, -0.2) is 12.6 Å². The summed E-state index contributed by atoms with van der Waals surface area (Å²) < 4.78 is 0. The molecule has 2 unspecified atom stereocenters. The molecule has 0 bridgehead atoms. The van der Waals surface area contributed by atoms with Crippen LogP contribution in [0.25, 0.3) is 0 Å². The molecule has 1 aromatic heterocycles. The summed E-state index contributed by atoms with van der Waals surface area (Å²) in [4.78, 5) is 0. The molecule has 0 spiro atoms. The topological polar surface area (TPSA) is 12.0 Å². The van der Waals surface area contributed by atoms with Gasteiger partial charge in [-0.3, -0.25) is 0 Å². The zero-order valence-electron chi connectivity index (χ0n) is 9.11. The minimum absolute atomic E-state index is 0.792. The minimum atomic E-state index is 0.792. The Hall–Kier alpha value is -0.340. The average molecular weight is 221 g/mol. The van der Waals surface area contributed by atoms with Crippen molar-refractivity contribution < 1.29 is 0 Å². The molecule has 2 heterocycles. The van der Waals surface area contributed by atoms with Gasteiger partial charge in [-0.15, -0.1) is 0 Å². The van der Waals surface area contributed by atoms with Crippen molar-refractivity contribution in [2.75, 3.05) is 6.54 Å². The Morgan fingerprint density at radius 3 is 2.67 bits per heavy atom. The lowest BCUT2D eigenvalue weighted by Crippen LogP contribution is -2.55. The third-order valence-corrected chi connectivity index (χ3v) is 4.84. The van der Waals surface area contributed by atoms with Crippen molar-refractivity contribution >= 4 is 11.3 Å². The molecule has 2 fully saturated rings. The highest BCUT2D eigenvalue weighted by molar-refractivity contribution is 7.08. The number of rotatable bonds is 2. The van der Waals surface area contributed by atoms with E-state index < -0.39 is 0 Å². The molecule has 1 aromatic rings. The normalized spacial score (nSPS) is 32.5. The predicted molar refractivity (Wildman–Crippen MR) is 65.4 cm³/mol. The van der Waals surface area contributed by atoms with Gasteiger partial charge in [0, 0.05) is 18.5 Å². The van der Waals surface area contributed by atoms with Crippen LogP contribution in [0.3, 0.4) is 0 Å². The van der Waals surface area contributed by atoms with E-state index in [9.17, 15) is 0 Å². The third-order valence-electron chi connectivity index (χ3n) is 4.14. The number of hydrogen-bond donors (Lipinski definition) is 1. The van der Waals surface area contributed by atoms with Crippen molar-refractivity contribution in [2.24, 2.45) is 5.92 Å². The van der Waals surface area contributed by atoms with Gasteiger partial charge in [0.1, 0.15) is 0 Å². The summed E-state index contributed by atoms with van der Waals surface area (Å²) in [6.45, 7) is 1.21. The quantitative estimate of drug-likeness (QED) is 0.807. The van der Waals surface area contributed by atoms with Crippen LogP contribution in [-0.2, 0) is 0 Å². The van der Waals surface area contributed by atoms with Crippen LogP contribution in [0.4, 0.5) is 0 Å². The molecular formula is C13H19NS. The zero-order chi connectivity index (χ0) is 10.1. The van der Waals surface area contributed by atoms with Gasteiger partial charge in [-0.05, 0) is 41.1 Å². The zero-order valence-corrected chi connectivity index (χ0v) is 9.93. The van der Waals surface area contributed by atoms with Crippen molar-refractivity contribution in [3.8, 4) is 0 Å². The lowest BCUT2D eigenvalue weighted by atomic mass is 9.73. The Kier molecular flexibility index (Phi) is 2.80. The number of thiophene rings is 1. The van der Waals surface area contributed by atoms with Crippen LogP contribution in [0.1, 0.15) is 43.6 Å². The van der Waals surface area contributed by atoms with Gasteiger partial charge in [-0.2, -0.15) is 11.3 Å². The predicted octanol–water partition coefficient (Wildman–Crippen LogP) is 3.38. The van der Waals surface area contributed by atoms with Gasteiger partial charge < -0.3 is 5.32 Å². The molecule has 0 aromatic carbocycles. The second-order valence-corrected chi connectivity index (χ2v) is 5.78. The highest BCUT2D eigenvalue weighted by Crippen LogP contribution is 2.38.